The predicted octanol–water partition coefficient (Wildman–Crippen LogP) is 0.839. The zero-order chi connectivity index (χ0) is 10.6. The monoisotopic (exact) mass is 212 g/mol. The highest BCUT2D eigenvalue weighted by atomic mass is 32.1. The van der Waals surface area contributed by atoms with E-state index in [4.69, 9.17) is 12.2 Å². The van der Waals surface area contributed by atoms with E-state index in [1.807, 2.05) is 35.9 Å². The van der Waals surface area contributed by atoms with E-state index in [0.29, 0.717) is 0 Å². The van der Waals surface area contributed by atoms with Crippen molar-refractivity contribution < 1.29 is 0 Å². The standard InChI is InChI=1S/C9H16N4S/c1-4-13-8(5-6-11-13)7-12(3)9(14)10-2/h5-6H,4,7H2,1-3H3,(H,10,14). The van der Waals surface area contributed by atoms with Crippen LogP contribution in [0.15, 0.2) is 12.3 Å². The van der Waals surface area contributed by atoms with Crippen molar-refractivity contribution in [3.05, 3.63) is 18.0 Å². The van der Waals surface area contributed by atoms with Gasteiger partial charge in [0.1, 0.15) is 0 Å². The van der Waals surface area contributed by atoms with Crippen molar-refractivity contribution in [2.45, 2.75) is 20.0 Å². The Labute approximate surface area is 89.9 Å². The Bertz CT molecular complexity index is 308. The van der Waals surface area contributed by atoms with Gasteiger partial charge in [-0.25, -0.2) is 0 Å². The lowest BCUT2D eigenvalue weighted by molar-refractivity contribution is 0.461. The molecule has 0 aliphatic heterocycles. The van der Waals surface area contributed by atoms with Crippen LogP contribution in [0.3, 0.4) is 0 Å². The molecule has 0 saturated carbocycles. The number of nitrogens with one attached hydrogen (secondary N) is 1. The molecule has 78 valence electrons. The summed E-state index contributed by atoms with van der Waals surface area (Å²) in [7, 11) is 3.79. The van der Waals surface area contributed by atoms with Crippen LogP contribution in [0.5, 0.6) is 0 Å². The van der Waals surface area contributed by atoms with E-state index in [2.05, 4.69) is 17.3 Å². The third kappa shape index (κ3) is 2.45. The van der Waals surface area contributed by atoms with Gasteiger partial charge in [0.25, 0.3) is 0 Å². The van der Waals surface area contributed by atoms with Gasteiger partial charge in [0.2, 0.25) is 0 Å². The second-order valence-electron chi connectivity index (χ2n) is 3.05. The Kier molecular flexibility index (Phi) is 3.88. The van der Waals surface area contributed by atoms with Crippen molar-refractivity contribution >= 4 is 17.3 Å². The first-order valence-corrected chi connectivity index (χ1v) is 5.03. The minimum atomic E-state index is 0.744. The van der Waals surface area contributed by atoms with Gasteiger partial charge < -0.3 is 10.2 Å². The summed E-state index contributed by atoms with van der Waals surface area (Å²) in [5, 5.41) is 7.89. The van der Waals surface area contributed by atoms with Crippen LogP contribution in [0.1, 0.15) is 12.6 Å². The zero-order valence-electron chi connectivity index (χ0n) is 8.82. The van der Waals surface area contributed by atoms with Crippen molar-refractivity contribution in [3.8, 4) is 0 Å². The molecule has 1 aromatic heterocycles. The number of hydrogen-bond acceptors (Lipinski definition) is 2. The fraction of sp³-hybridized carbons (Fsp3) is 0.556. The molecule has 0 spiro atoms. The molecule has 0 atom stereocenters. The van der Waals surface area contributed by atoms with Gasteiger partial charge in [0.15, 0.2) is 5.11 Å². The van der Waals surface area contributed by atoms with Crippen molar-refractivity contribution in [1.29, 1.82) is 0 Å². The first-order chi connectivity index (χ1) is 6.69. The highest BCUT2D eigenvalue weighted by Crippen LogP contribution is 2.02. The molecule has 0 amide bonds. The van der Waals surface area contributed by atoms with Crippen LogP contribution in [-0.4, -0.2) is 33.9 Å². The van der Waals surface area contributed by atoms with Crippen molar-refractivity contribution in [2.24, 2.45) is 0 Å². The zero-order valence-corrected chi connectivity index (χ0v) is 9.64. The summed E-state index contributed by atoms with van der Waals surface area (Å²) in [6, 6.07) is 2.01. The van der Waals surface area contributed by atoms with Gasteiger partial charge >= 0.3 is 0 Å². The molecule has 0 saturated heterocycles. The van der Waals surface area contributed by atoms with E-state index in [-0.39, 0.29) is 0 Å². The topological polar surface area (TPSA) is 33.1 Å². The molecule has 0 bridgehead atoms. The van der Waals surface area contributed by atoms with Gasteiger partial charge in [-0.3, -0.25) is 4.68 Å². The maximum absolute atomic E-state index is 5.12. The molecule has 1 rings (SSSR count). The summed E-state index contributed by atoms with van der Waals surface area (Å²) in [5.41, 5.74) is 1.17. The van der Waals surface area contributed by atoms with E-state index in [1.54, 1.807) is 0 Å². The van der Waals surface area contributed by atoms with Gasteiger partial charge in [-0.2, -0.15) is 5.10 Å². The van der Waals surface area contributed by atoms with Crippen LogP contribution in [-0.2, 0) is 13.1 Å². The van der Waals surface area contributed by atoms with Gasteiger partial charge in [-0.1, -0.05) is 0 Å². The first kappa shape index (κ1) is 11.0. The molecule has 1 aromatic rings. The second kappa shape index (κ2) is 4.95. The normalized spacial score (nSPS) is 9.93. The quantitative estimate of drug-likeness (QED) is 0.753. The molecule has 0 aliphatic rings. The molecular weight excluding hydrogens is 196 g/mol. The van der Waals surface area contributed by atoms with E-state index in [9.17, 15) is 0 Å². The van der Waals surface area contributed by atoms with Crippen molar-refractivity contribution in [3.63, 3.8) is 0 Å². The van der Waals surface area contributed by atoms with Gasteiger partial charge in [0, 0.05) is 26.8 Å². The van der Waals surface area contributed by atoms with E-state index >= 15 is 0 Å². The first-order valence-electron chi connectivity index (χ1n) is 4.62. The predicted molar refractivity (Wildman–Crippen MR) is 61.0 cm³/mol. The average Bonchev–Trinajstić information content (AvgIpc) is 2.63. The Morgan fingerprint density at radius 1 is 1.71 bits per heavy atom. The maximum Gasteiger partial charge on any atom is 0.168 e. The molecule has 1 N–H and O–H groups in total. The molecule has 0 unspecified atom stereocenters. The van der Waals surface area contributed by atoms with Crippen LogP contribution in [0.4, 0.5) is 0 Å². The highest BCUT2D eigenvalue weighted by molar-refractivity contribution is 7.80. The average molecular weight is 212 g/mol. The molecule has 0 radical (unpaired) electrons. The SMILES string of the molecule is CCn1nccc1CN(C)C(=S)NC. The van der Waals surface area contributed by atoms with Crippen LogP contribution >= 0.6 is 12.2 Å². The Morgan fingerprint density at radius 3 is 3.00 bits per heavy atom. The van der Waals surface area contributed by atoms with Crippen molar-refractivity contribution in [1.82, 2.24) is 20.0 Å². The van der Waals surface area contributed by atoms with Crippen LogP contribution in [0.25, 0.3) is 0 Å². The molecule has 14 heavy (non-hydrogen) atoms. The minimum absolute atomic E-state index is 0.744. The van der Waals surface area contributed by atoms with Crippen molar-refractivity contribution in [2.75, 3.05) is 14.1 Å². The number of rotatable bonds is 3. The largest absolute Gasteiger partial charge is 0.366 e. The number of hydrogen-bond donors (Lipinski definition) is 1. The molecular formula is C9H16N4S. The number of nitrogens with zero attached hydrogens (tertiary/aromatic N) is 3. The molecule has 0 fully saturated rings. The molecule has 0 aliphatic carbocycles. The Balaban J connectivity index is 2.64. The summed E-state index contributed by atoms with van der Waals surface area (Å²) >= 11 is 5.12. The van der Waals surface area contributed by atoms with Gasteiger partial charge in [0.05, 0.1) is 12.2 Å². The van der Waals surface area contributed by atoms with E-state index < -0.39 is 0 Å². The number of aryl methyl sites for hydroxylation is 1. The molecule has 1 heterocycles. The van der Waals surface area contributed by atoms with Gasteiger partial charge in [-0.05, 0) is 25.2 Å². The summed E-state index contributed by atoms with van der Waals surface area (Å²) in [4.78, 5) is 1.98. The molecule has 4 nitrogen and oxygen atoms in total. The lowest BCUT2D eigenvalue weighted by Gasteiger charge is -2.19. The lowest BCUT2D eigenvalue weighted by atomic mass is 10.4. The maximum atomic E-state index is 5.12. The fourth-order valence-corrected chi connectivity index (χ4v) is 1.35. The minimum Gasteiger partial charge on any atom is -0.366 e. The van der Waals surface area contributed by atoms with Crippen LogP contribution < -0.4 is 5.32 Å². The molecule has 5 heteroatoms. The second-order valence-corrected chi connectivity index (χ2v) is 3.44. The summed E-state index contributed by atoms with van der Waals surface area (Å²) < 4.78 is 1.97. The Morgan fingerprint density at radius 2 is 2.43 bits per heavy atom. The van der Waals surface area contributed by atoms with E-state index in [1.165, 1.54) is 5.69 Å². The van der Waals surface area contributed by atoms with Crippen LogP contribution in [0, 0.1) is 0 Å². The van der Waals surface area contributed by atoms with Crippen LogP contribution in [0.2, 0.25) is 0 Å². The Hall–Kier alpha value is -1.10. The number of thiocarbonyl (C=S) groups is 1. The summed E-state index contributed by atoms with van der Waals surface area (Å²) in [6.07, 6.45) is 1.81. The summed E-state index contributed by atoms with van der Waals surface area (Å²) in [5.74, 6) is 0. The highest BCUT2D eigenvalue weighted by Gasteiger charge is 2.06. The third-order valence-corrected chi connectivity index (χ3v) is 2.58. The fourth-order valence-electron chi connectivity index (χ4n) is 1.28. The smallest absolute Gasteiger partial charge is 0.168 e. The number of aromatic nitrogens is 2. The lowest BCUT2D eigenvalue weighted by Crippen LogP contribution is -2.34. The molecule has 0 aromatic carbocycles. The van der Waals surface area contributed by atoms with Gasteiger partial charge in [-0.15, -0.1) is 0 Å². The summed E-state index contributed by atoms with van der Waals surface area (Å²) in [6.45, 7) is 3.75. The third-order valence-electron chi connectivity index (χ3n) is 2.06. The van der Waals surface area contributed by atoms with E-state index in [0.717, 1.165) is 18.2 Å².